The van der Waals surface area contributed by atoms with Crippen LogP contribution in [-0.4, -0.2) is 48.9 Å². The van der Waals surface area contributed by atoms with Crippen molar-refractivity contribution in [2.45, 2.75) is 6.92 Å². The minimum absolute atomic E-state index is 0.0611. The Labute approximate surface area is 182 Å². The molecule has 0 fully saturated rings. The van der Waals surface area contributed by atoms with Crippen LogP contribution in [0, 0.1) is 6.92 Å². The second-order valence-corrected chi connectivity index (χ2v) is 6.23. The lowest BCUT2D eigenvalue weighted by molar-refractivity contribution is 0.0954. The molecule has 0 aliphatic heterocycles. The highest BCUT2D eigenvalue weighted by Crippen LogP contribution is 2.38. The Balaban J connectivity index is 1.75. The standard InChI is InChI=1S/C20H20N6O6/c1-11-19(26-32-25-11)23-22-14-5-6-15(27)13(7-14)10-21-24-20(28)12-8-16(29-2)18(31-4)17(9-12)30-3/h5-10,27H,1-4H3,(H,24,28). The predicted molar refractivity (Wildman–Crippen MR) is 112 cm³/mol. The maximum absolute atomic E-state index is 12.5. The molecule has 0 spiro atoms. The van der Waals surface area contributed by atoms with Crippen LogP contribution in [0.1, 0.15) is 21.6 Å². The lowest BCUT2D eigenvalue weighted by Gasteiger charge is -2.13. The molecule has 12 nitrogen and oxygen atoms in total. The van der Waals surface area contributed by atoms with Gasteiger partial charge in [0.2, 0.25) is 11.6 Å². The van der Waals surface area contributed by atoms with Gasteiger partial charge in [-0.25, -0.2) is 10.1 Å². The van der Waals surface area contributed by atoms with E-state index in [1.54, 1.807) is 13.0 Å². The minimum Gasteiger partial charge on any atom is -0.507 e. The Kier molecular flexibility index (Phi) is 6.95. The molecule has 3 rings (SSSR count). The number of nitrogens with zero attached hydrogens (tertiary/aromatic N) is 5. The number of hydrogen-bond donors (Lipinski definition) is 2. The molecule has 1 heterocycles. The highest BCUT2D eigenvalue weighted by atomic mass is 16.6. The van der Waals surface area contributed by atoms with Crippen LogP contribution in [0.15, 0.2) is 50.3 Å². The molecule has 0 aliphatic carbocycles. The van der Waals surface area contributed by atoms with Gasteiger partial charge in [-0.2, -0.15) is 5.10 Å². The zero-order chi connectivity index (χ0) is 23.1. The molecule has 32 heavy (non-hydrogen) atoms. The van der Waals surface area contributed by atoms with Crippen LogP contribution in [0.25, 0.3) is 0 Å². The van der Waals surface area contributed by atoms with Crippen molar-refractivity contribution in [2.24, 2.45) is 15.3 Å². The number of hydrogen-bond acceptors (Lipinski definition) is 11. The molecule has 0 unspecified atom stereocenters. The van der Waals surface area contributed by atoms with E-state index >= 15 is 0 Å². The van der Waals surface area contributed by atoms with E-state index in [1.165, 1.54) is 51.8 Å². The number of hydrazone groups is 1. The van der Waals surface area contributed by atoms with Gasteiger partial charge in [0.05, 0.1) is 33.2 Å². The molecule has 0 radical (unpaired) electrons. The Morgan fingerprint density at radius 2 is 1.78 bits per heavy atom. The highest BCUT2D eigenvalue weighted by molar-refractivity contribution is 5.96. The molecule has 3 aromatic rings. The average Bonchev–Trinajstić information content (AvgIpc) is 3.22. The fourth-order valence-corrected chi connectivity index (χ4v) is 2.57. The number of benzene rings is 2. The second kappa shape index (κ2) is 10.0. The van der Waals surface area contributed by atoms with E-state index < -0.39 is 5.91 Å². The van der Waals surface area contributed by atoms with Crippen molar-refractivity contribution in [1.29, 1.82) is 0 Å². The third-order valence-electron chi connectivity index (χ3n) is 4.20. The molecule has 2 aromatic carbocycles. The molecular weight excluding hydrogens is 420 g/mol. The molecule has 0 bridgehead atoms. The Morgan fingerprint density at radius 3 is 2.38 bits per heavy atom. The maximum atomic E-state index is 12.5. The van der Waals surface area contributed by atoms with Gasteiger partial charge in [-0.1, -0.05) is 5.16 Å². The quantitative estimate of drug-likeness (QED) is 0.307. The summed E-state index contributed by atoms with van der Waals surface area (Å²) < 4.78 is 20.3. The number of aromatic nitrogens is 2. The van der Waals surface area contributed by atoms with Crippen LogP contribution in [0.5, 0.6) is 23.0 Å². The first-order chi connectivity index (χ1) is 15.5. The number of aryl methyl sites for hydroxylation is 1. The number of azo groups is 1. The summed E-state index contributed by atoms with van der Waals surface area (Å²) >= 11 is 0. The van der Waals surface area contributed by atoms with Crippen LogP contribution in [0.2, 0.25) is 0 Å². The second-order valence-electron chi connectivity index (χ2n) is 6.23. The molecule has 0 saturated carbocycles. The van der Waals surface area contributed by atoms with E-state index in [2.05, 4.69) is 35.7 Å². The lowest BCUT2D eigenvalue weighted by atomic mass is 10.1. The van der Waals surface area contributed by atoms with E-state index in [-0.39, 0.29) is 17.1 Å². The molecule has 0 aliphatic rings. The summed E-state index contributed by atoms with van der Waals surface area (Å²) in [6.07, 6.45) is 1.27. The third-order valence-corrected chi connectivity index (χ3v) is 4.20. The first kappa shape index (κ1) is 22.2. The molecule has 1 aromatic heterocycles. The number of methoxy groups -OCH3 is 3. The van der Waals surface area contributed by atoms with Gasteiger partial charge in [0.1, 0.15) is 11.4 Å². The predicted octanol–water partition coefficient (Wildman–Crippen LogP) is 3.29. The Morgan fingerprint density at radius 1 is 1.06 bits per heavy atom. The number of rotatable bonds is 8. The van der Waals surface area contributed by atoms with Gasteiger partial charge in [0, 0.05) is 11.1 Å². The normalized spacial score (nSPS) is 11.1. The summed E-state index contributed by atoms with van der Waals surface area (Å²) in [4.78, 5) is 12.5. The van der Waals surface area contributed by atoms with Crippen LogP contribution in [0.4, 0.5) is 11.5 Å². The zero-order valence-corrected chi connectivity index (χ0v) is 17.7. The fourth-order valence-electron chi connectivity index (χ4n) is 2.57. The third kappa shape index (κ3) is 4.98. The van der Waals surface area contributed by atoms with Crippen molar-refractivity contribution in [2.75, 3.05) is 21.3 Å². The maximum Gasteiger partial charge on any atom is 0.271 e. The zero-order valence-electron chi connectivity index (χ0n) is 17.7. The lowest BCUT2D eigenvalue weighted by Crippen LogP contribution is -2.18. The first-order valence-corrected chi connectivity index (χ1v) is 9.14. The number of phenolic OH excluding ortho intramolecular Hbond substituents is 1. The summed E-state index contributed by atoms with van der Waals surface area (Å²) in [5.41, 5.74) is 3.83. The molecule has 0 atom stereocenters. The minimum atomic E-state index is -0.523. The van der Waals surface area contributed by atoms with Gasteiger partial charge < -0.3 is 19.3 Å². The fraction of sp³-hybridized carbons (Fsp3) is 0.200. The molecule has 166 valence electrons. The number of ether oxygens (including phenoxy) is 3. The summed E-state index contributed by atoms with van der Waals surface area (Å²) in [5.74, 6) is 0.677. The van der Waals surface area contributed by atoms with E-state index in [0.29, 0.717) is 34.2 Å². The Hall–Kier alpha value is -4.48. The summed E-state index contributed by atoms with van der Waals surface area (Å²) in [6.45, 7) is 1.68. The van der Waals surface area contributed by atoms with Gasteiger partial charge in [-0.3, -0.25) is 4.79 Å². The van der Waals surface area contributed by atoms with Crippen LogP contribution in [0.3, 0.4) is 0 Å². The van der Waals surface area contributed by atoms with Crippen LogP contribution < -0.4 is 19.6 Å². The van der Waals surface area contributed by atoms with Crippen LogP contribution in [-0.2, 0) is 0 Å². The number of nitrogens with one attached hydrogen (secondary N) is 1. The van der Waals surface area contributed by atoms with Crippen molar-refractivity contribution < 1.29 is 28.7 Å². The van der Waals surface area contributed by atoms with E-state index in [1.807, 2.05) is 0 Å². The van der Waals surface area contributed by atoms with Gasteiger partial charge in [-0.15, -0.1) is 10.2 Å². The summed E-state index contributed by atoms with van der Waals surface area (Å²) in [7, 11) is 4.36. The van der Waals surface area contributed by atoms with Crippen molar-refractivity contribution in [3.63, 3.8) is 0 Å². The Bertz CT molecular complexity index is 1150. The SMILES string of the molecule is COc1cc(C(=O)NN=Cc2cc(N=Nc3nonc3C)ccc2O)cc(OC)c1OC. The van der Waals surface area contributed by atoms with E-state index in [9.17, 15) is 9.90 Å². The average molecular weight is 440 g/mol. The van der Waals surface area contributed by atoms with Crippen molar-refractivity contribution in [3.05, 3.63) is 47.2 Å². The molecule has 0 saturated heterocycles. The van der Waals surface area contributed by atoms with Crippen molar-refractivity contribution in [1.82, 2.24) is 15.7 Å². The topological polar surface area (TPSA) is 153 Å². The monoisotopic (exact) mass is 440 g/mol. The largest absolute Gasteiger partial charge is 0.507 e. The van der Waals surface area contributed by atoms with Crippen molar-refractivity contribution >= 4 is 23.6 Å². The van der Waals surface area contributed by atoms with E-state index in [4.69, 9.17) is 14.2 Å². The van der Waals surface area contributed by atoms with Gasteiger partial charge in [0.15, 0.2) is 11.5 Å². The molecule has 2 N–H and O–H groups in total. The number of carbonyl (C=O) groups excluding carboxylic acids is 1. The number of amides is 1. The van der Waals surface area contributed by atoms with E-state index in [0.717, 1.165) is 0 Å². The molecule has 12 heteroatoms. The highest BCUT2D eigenvalue weighted by Gasteiger charge is 2.16. The van der Waals surface area contributed by atoms with Crippen LogP contribution >= 0.6 is 0 Å². The smallest absolute Gasteiger partial charge is 0.271 e. The first-order valence-electron chi connectivity index (χ1n) is 9.14. The van der Waals surface area contributed by atoms with Gasteiger partial charge in [0.25, 0.3) is 5.91 Å². The molecular formula is C20H20N6O6. The molecule has 1 amide bonds. The number of phenols is 1. The number of carbonyl (C=O) groups is 1. The summed E-state index contributed by atoms with van der Waals surface area (Å²) in [5, 5.41) is 29.1. The van der Waals surface area contributed by atoms with Gasteiger partial charge in [-0.05, 0) is 42.4 Å². The summed E-state index contributed by atoms with van der Waals surface area (Å²) in [6, 6.07) is 7.48. The van der Waals surface area contributed by atoms with Crippen molar-refractivity contribution in [3.8, 4) is 23.0 Å². The number of aromatic hydroxyl groups is 1. The van der Waals surface area contributed by atoms with Gasteiger partial charge >= 0.3 is 0 Å².